The summed E-state index contributed by atoms with van der Waals surface area (Å²) in [5, 5.41) is 8.67. The van der Waals surface area contributed by atoms with Gasteiger partial charge >= 0.3 is 5.97 Å². The molecule has 1 aromatic carbocycles. The summed E-state index contributed by atoms with van der Waals surface area (Å²) in [5.41, 5.74) is 7.45. The van der Waals surface area contributed by atoms with Crippen LogP contribution in [0.4, 0.5) is 0 Å². The van der Waals surface area contributed by atoms with Crippen molar-refractivity contribution < 1.29 is 14.0 Å². The van der Waals surface area contributed by atoms with Gasteiger partial charge in [-0.2, -0.15) is 0 Å². The number of hydrogen-bond donors (Lipinski definition) is 0. The maximum absolute atomic E-state index is 12.6. The molecule has 2 rings (SSSR count). The average Bonchev–Trinajstić information content (AvgIpc) is 3.08. The van der Waals surface area contributed by atoms with Crippen molar-refractivity contribution in [3.63, 3.8) is 0 Å². The maximum atomic E-state index is 12.6. The number of aromatic nitrogens is 3. The molecule has 0 aliphatic carbocycles. The van der Waals surface area contributed by atoms with E-state index in [0.29, 0.717) is 13.2 Å². The number of esters is 1. The predicted octanol–water partition coefficient (Wildman–Crippen LogP) is 6.48. The highest BCUT2D eigenvalue weighted by Crippen LogP contribution is 2.38. The third kappa shape index (κ3) is 6.45. The van der Waals surface area contributed by atoms with Crippen LogP contribution in [-0.4, -0.2) is 35.9 Å². The van der Waals surface area contributed by atoms with Gasteiger partial charge in [-0.05, 0) is 75.0 Å². The Bertz CT molecular complexity index is 1050. The molecule has 6 nitrogen and oxygen atoms in total. The van der Waals surface area contributed by atoms with Crippen LogP contribution in [0.15, 0.2) is 23.8 Å². The summed E-state index contributed by atoms with van der Waals surface area (Å²) in [5.74, 6) is -0.317. The third-order valence-corrected chi connectivity index (χ3v) is 11.9. The van der Waals surface area contributed by atoms with Crippen molar-refractivity contribution >= 4 is 19.9 Å². The van der Waals surface area contributed by atoms with Crippen LogP contribution < -0.4 is 0 Å². The summed E-state index contributed by atoms with van der Waals surface area (Å²) in [7, 11) is 0.00721. The summed E-state index contributed by atoms with van der Waals surface area (Å²) in [6.45, 7) is 22.4. The third-order valence-electron chi connectivity index (χ3n) is 7.42. The fourth-order valence-corrected chi connectivity index (χ4v) is 4.59. The van der Waals surface area contributed by atoms with E-state index in [4.69, 9.17) is 9.16 Å². The summed E-state index contributed by atoms with van der Waals surface area (Å²) in [6.07, 6.45) is 0.280. The van der Waals surface area contributed by atoms with Crippen LogP contribution in [-0.2, 0) is 27.6 Å². The first-order valence-electron chi connectivity index (χ1n) is 12.1. The SMILES string of the molecule is CCOC(=O)C[C@@H](/C(C)=C(\C)c1nnn(C)c1C)c1ccc(C)c(CO[Si](C)(C)C(C)(C)C)c1. The number of nitrogens with zero attached hydrogens (tertiary/aromatic N) is 3. The van der Waals surface area contributed by atoms with Crippen molar-refractivity contribution in [1.82, 2.24) is 15.0 Å². The molecule has 1 atom stereocenters. The second-order valence-corrected chi connectivity index (χ2v) is 15.6. The van der Waals surface area contributed by atoms with Gasteiger partial charge in [0.05, 0.1) is 25.3 Å². The van der Waals surface area contributed by atoms with Crippen LogP contribution in [0.2, 0.25) is 18.1 Å². The first kappa shape index (κ1) is 28.0. The van der Waals surface area contributed by atoms with Gasteiger partial charge in [0.1, 0.15) is 5.69 Å². The topological polar surface area (TPSA) is 66.2 Å². The molecule has 0 spiro atoms. The van der Waals surface area contributed by atoms with Gasteiger partial charge in [0.2, 0.25) is 0 Å². The zero-order valence-corrected chi connectivity index (χ0v) is 24.0. The average molecular weight is 486 g/mol. The zero-order valence-electron chi connectivity index (χ0n) is 23.0. The highest BCUT2D eigenvalue weighted by molar-refractivity contribution is 6.74. The second kappa shape index (κ2) is 11.0. The zero-order chi connectivity index (χ0) is 25.8. The predicted molar refractivity (Wildman–Crippen MR) is 141 cm³/mol. The van der Waals surface area contributed by atoms with E-state index in [9.17, 15) is 4.79 Å². The van der Waals surface area contributed by atoms with E-state index in [1.165, 1.54) is 5.56 Å². The molecule has 0 unspecified atom stereocenters. The van der Waals surface area contributed by atoms with Crippen molar-refractivity contribution in [1.29, 1.82) is 0 Å². The van der Waals surface area contributed by atoms with Crippen molar-refractivity contribution in [2.75, 3.05) is 6.61 Å². The lowest BCUT2D eigenvalue weighted by molar-refractivity contribution is -0.143. The number of benzene rings is 1. The number of rotatable bonds is 9. The van der Waals surface area contributed by atoms with Crippen molar-refractivity contribution in [2.24, 2.45) is 7.05 Å². The highest BCUT2D eigenvalue weighted by atomic mass is 28.4. The lowest BCUT2D eigenvalue weighted by Gasteiger charge is -2.36. The van der Waals surface area contributed by atoms with E-state index in [1.54, 1.807) is 4.68 Å². The van der Waals surface area contributed by atoms with Gasteiger partial charge in [-0.15, -0.1) is 5.10 Å². The molecule has 0 amide bonds. The molecule has 0 saturated carbocycles. The Hall–Kier alpha value is -2.25. The normalized spacial score (nSPS) is 14.1. The van der Waals surface area contributed by atoms with Gasteiger partial charge in [-0.3, -0.25) is 9.48 Å². The molecular formula is C27H43N3O3Si. The van der Waals surface area contributed by atoms with E-state index in [1.807, 2.05) is 20.9 Å². The van der Waals surface area contributed by atoms with Crippen LogP contribution in [0.1, 0.15) is 82.0 Å². The Morgan fingerprint density at radius 3 is 2.35 bits per heavy atom. The van der Waals surface area contributed by atoms with Gasteiger partial charge in [0, 0.05) is 13.0 Å². The lowest BCUT2D eigenvalue weighted by Crippen LogP contribution is -2.40. The molecule has 0 N–H and O–H groups in total. The fraction of sp³-hybridized carbons (Fsp3) is 0.593. The molecule has 2 aromatic rings. The largest absolute Gasteiger partial charge is 0.466 e. The standard InChI is InChI=1S/C27H43N3O3Si/c1-12-32-25(31)16-24(19(3)20(4)26-21(5)30(9)29-28-26)22-14-13-18(2)23(15-22)17-33-34(10,11)27(6,7)8/h13-15,24H,12,16-17H2,1-11H3/b20-19+/t24-/m0/s1. The first-order chi connectivity index (χ1) is 15.7. The molecule has 188 valence electrons. The smallest absolute Gasteiger partial charge is 0.306 e. The Labute approximate surface area is 206 Å². The summed E-state index contributed by atoms with van der Waals surface area (Å²) in [4.78, 5) is 12.6. The van der Waals surface area contributed by atoms with Crippen molar-refractivity contribution in [2.45, 2.75) is 92.5 Å². The van der Waals surface area contributed by atoms with E-state index < -0.39 is 8.32 Å². The van der Waals surface area contributed by atoms with Crippen molar-refractivity contribution in [3.8, 4) is 0 Å². The first-order valence-corrected chi connectivity index (χ1v) is 15.0. The molecule has 0 fully saturated rings. The van der Waals surface area contributed by atoms with Gasteiger partial charge < -0.3 is 9.16 Å². The Morgan fingerprint density at radius 2 is 1.82 bits per heavy atom. The molecule has 0 radical (unpaired) electrons. The van der Waals surface area contributed by atoms with Crippen LogP contribution >= 0.6 is 0 Å². The van der Waals surface area contributed by atoms with Crippen LogP contribution in [0, 0.1) is 13.8 Å². The van der Waals surface area contributed by atoms with Gasteiger partial charge in [-0.1, -0.05) is 49.8 Å². The molecule has 0 aliphatic heterocycles. The number of carbonyl (C=O) groups excluding carboxylic acids is 1. The molecular weight excluding hydrogens is 442 g/mol. The molecule has 0 saturated heterocycles. The number of hydrogen-bond acceptors (Lipinski definition) is 5. The van der Waals surface area contributed by atoms with E-state index >= 15 is 0 Å². The number of aryl methyl sites for hydroxylation is 2. The molecule has 0 aliphatic rings. The van der Waals surface area contributed by atoms with Gasteiger partial charge in [-0.25, -0.2) is 0 Å². The summed E-state index contributed by atoms with van der Waals surface area (Å²) >= 11 is 0. The summed E-state index contributed by atoms with van der Waals surface area (Å²) in [6, 6.07) is 6.45. The van der Waals surface area contributed by atoms with Crippen LogP contribution in [0.5, 0.6) is 0 Å². The highest BCUT2D eigenvalue weighted by Gasteiger charge is 2.37. The van der Waals surface area contributed by atoms with E-state index in [-0.39, 0.29) is 23.3 Å². The fourth-order valence-electron chi connectivity index (χ4n) is 3.64. The van der Waals surface area contributed by atoms with E-state index in [0.717, 1.165) is 33.7 Å². The molecule has 1 aromatic heterocycles. The minimum absolute atomic E-state index is 0.118. The Morgan fingerprint density at radius 1 is 1.18 bits per heavy atom. The minimum atomic E-state index is -1.88. The molecule has 1 heterocycles. The van der Waals surface area contributed by atoms with Crippen LogP contribution in [0.25, 0.3) is 5.57 Å². The Balaban J connectivity index is 2.49. The summed E-state index contributed by atoms with van der Waals surface area (Å²) < 4.78 is 13.6. The monoisotopic (exact) mass is 485 g/mol. The van der Waals surface area contributed by atoms with E-state index in [2.05, 4.69) is 83.1 Å². The van der Waals surface area contributed by atoms with Crippen molar-refractivity contribution in [3.05, 3.63) is 51.9 Å². The minimum Gasteiger partial charge on any atom is -0.466 e. The Kier molecular flexibility index (Phi) is 9.05. The quantitative estimate of drug-likeness (QED) is 0.300. The lowest BCUT2D eigenvalue weighted by atomic mass is 9.84. The van der Waals surface area contributed by atoms with Crippen LogP contribution in [0.3, 0.4) is 0 Å². The number of carbonyl (C=O) groups is 1. The molecule has 0 bridgehead atoms. The number of ether oxygens (including phenoxy) is 1. The number of allylic oxidation sites excluding steroid dienone is 2. The van der Waals surface area contributed by atoms with Gasteiger partial charge in [0.25, 0.3) is 0 Å². The molecule has 7 heteroatoms. The van der Waals surface area contributed by atoms with Gasteiger partial charge in [0.15, 0.2) is 8.32 Å². The second-order valence-electron chi connectivity index (χ2n) is 10.8. The molecule has 34 heavy (non-hydrogen) atoms. The maximum Gasteiger partial charge on any atom is 0.306 e.